The van der Waals surface area contributed by atoms with Crippen molar-refractivity contribution in [1.82, 2.24) is 9.47 Å². The monoisotopic (exact) mass is 334 g/mol. The fraction of sp³-hybridized carbons (Fsp3) is 0.615. The van der Waals surface area contributed by atoms with E-state index in [9.17, 15) is 13.2 Å². The Bertz CT molecular complexity index is 626. The van der Waals surface area contributed by atoms with Gasteiger partial charge in [0.05, 0.1) is 6.61 Å². The molecule has 1 fully saturated rings. The number of nitrogens with zero attached hydrogens (tertiary/aromatic N) is 2. The zero-order valence-electron chi connectivity index (χ0n) is 12.1. The summed E-state index contributed by atoms with van der Waals surface area (Å²) < 4.78 is 29.5. The predicted molar refractivity (Wildman–Crippen MR) is 79.1 cm³/mol. The first-order valence-electron chi connectivity index (χ1n) is 6.79. The summed E-state index contributed by atoms with van der Waals surface area (Å²) in [6.45, 7) is 3.46. The molecule has 1 atom stereocenters. The SMILES string of the molecule is COCCn1cc(S(=O)(=O)Cl)cc1C(=O)N1CCCC1C. The topological polar surface area (TPSA) is 68.6 Å². The van der Waals surface area contributed by atoms with E-state index in [4.69, 9.17) is 15.4 Å². The lowest BCUT2D eigenvalue weighted by atomic mass is 10.2. The molecule has 0 spiro atoms. The summed E-state index contributed by atoms with van der Waals surface area (Å²) in [5.74, 6) is -0.164. The number of hydrogen-bond acceptors (Lipinski definition) is 4. The van der Waals surface area contributed by atoms with Crippen LogP contribution in [0.3, 0.4) is 0 Å². The Morgan fingerprint density at radius 3 is 2.76 bits per heavy atom. The molecular weight excluding hydrogens is 316 g/mol. The minimum Gasteiger partial charge on any atom is -0.383 e. The Kier molecular flexibility index (Phi) is 4.95. The van der Waals surface area contributed by atoms with Crippen LogP contribution in [0.4, 0.5) is 0 Å². The van der Waals surface area contributed by atoms with E-state index in [2.05, 4.69) is 0 Å². The molecule has 1 aromatic rings. The summed E-state index contributed by atoms with van der Waals surface area (Å²) in [6, 6.07) is 1.50. The maximum absolute atomic E-state index is 12.6. The largest absolute Gasteiger partial charge is 0.383 e. The number of methoxy groups -OCH3 is 1. The van der Waals surface area contributed by atoms with E-state index in [-0.39, 0.29) is 16.8 Å². The van der Waals surface area contributed by atoms with Crippen LogP contribution in [0.25, 0.3) is 0 Å². The summed E-state index contributed by atoms with van der Waals surface area (Å²) in [5, 5.41) is 0. The molecule has 1 saturated heterocycles. The van der Waals surface area contributed by atoms with Crippen LogP contribution in [-0.2, 0) is 20.3 Å². The number of hydrogen-bond donors (Lipinski definition) is 0. The molecule has 1 unspecified atom stereocenters. The van der Waals surface area contributed by atoms with Gasteiger partial charge in [0.15, 0.2) is 0 Å². The van der Waals surface area contributed by atoms with E-state index >= 15 is 0 Å². The Morgan fingerprint density at radius 1 is 1.52 bits per heavy atom. The van der Waals surface area contributed by atoms with Gasteiger partial charge in [0, 0.05) is 43.1 Å². The number of carbonyl (C=O) groups excluding carboxylic acids is 1. The van der Waals surface area contributed by atoms with Crippen LogP contribution >= 0.6 is 10.7 Å². The highest BCUT2D eigenvalue weighted by molar-refractivity contribution is 8.13. The highest BCUT2D eigenvalue weighted by atomic mass is 35.7. The quantitative estimate of drug-likeness (QED) is 0.768. The number of likely N-dealkylation sites (tertiary alicyclic amines) is 1. The zero-order chi connectivity index (χ0) is 15.6. The molecule has 118 valence electrons. The standard InChI is InChI=1S/C13H19ClN2O4S/c1-10-4-3-5-16(10)13(17)12-8-11(21(14,18)19)9-15(12)6-7-20-2/h8-10H,3-7H2,1-2H3. The fourth-order valence-corrected chi connectivity index (χ4v) is 3.31. The number of amides is 1. The smallest absolute Gasteiger partial charge is 0.270 e. The van der Waals surface area contributed by atoms with Crippen molar-refractivity contribution in [3.63, 3.8) is 0 Å². The maximum Gasteiger partial charge on any atom is 0.270 e. The number of ether oxygens (including phenoxy) is 1. The van der Waals surface area contributed by atoms with Crippen molar-refractivity contribution < 1.29 is 17.9 Å². The van der Waals surface area contributed by atoms with Gasteiger partial charge in [0.1, 0.15) is 10.6 Å². The Hall–Kier alpha value is -1.05. The zero-order valence-corrected chi connectivity index (χ0v) is 13.7. The van der Waals surface area contributed by atoms with Crippen molar-refractivity contribution in [3.05, 3.63) is 18.0 Å². The van der Waals surface area contributed by atoms with Gasteiger partial charge in [0.2, 0.25) is 0 Å². The second kappa shape index (κ2) is 6.37. The van der Waals surface area contributed by atoms with Crippen molar-refractivity contribution in [1.29, 1.82) is 0 Å². The molecule has 1 amide bonds. The predicted octanol–water partition coefficient (Wildman–Crippen LogP) is 1.69. The third kappa shape index (κ3) is 3.59. The lowest BCUT2D eigenvalue weighted by Crippen LogP contribution is -2.35. The molecule has 2 rings (SSSR count). The van der Waals surface area contributed by atoms with Gasteiger partial charge in [-0.3, -0.25) is 4.79 Å². The normalized spacial score (nSPS) is 19.2. The van der Waals surface area contributed by atoms with Crippen molar-refractivity contribution in [2.75, 3.05) is 20.3 Å². The van der Waals surface area contributed by atoms with Gasteiger partial charge >= 0.3 is 0 Å². The fourth-order valence-electron chi connectivity index (χ4n) is 2.55. The Morgan fingerprint density at radius 2 is 2.24 bits per heavy atom. The molecule has 21 heavy (non-hydrogen) atoms. The molecule has 0 bridgehead atoms. The van der Waals surface area contributed by atoms with Gasteiger partial charge in [-0.1, -0.05) is 0 Å². The number of carbonyl (C=O) groups is 1. The lowest BCUT2D eigenvalue weighted by molar-refractivity contribution is 0.0734. The van der Waals surface area contributed by atoms with E-state index < -0.39 is 9.05 Å². The average molecular weight is 335 g/mol. The summed E-state index contributed by atoms with van der Waals surface area (Å²) in [7, 11) is 3.06. The molecule has 6 nitrogen and oxygen atoms in total. The van der Waals surface area contributed by atoms with Crippen molar-refractivity contribution >= 4 is 25.6 Å². The van der Waals surface area contributed by atoms with Gasteiger partial charge in [-0.15, -0.1) is 0 Å². The van der Waals surface area contributed by atoms with Crippen molar-refractivity contribution in [2.24, 2.45) is 0 Å². The van der Waals surface area contributed by atoms with Crippen LogP contribution in [0.1, 0.15) is 30.3 Å². The third-order valence-electron chi connectivity index (χ3n) is 3.72. The Labute approximate surface area is 129 Å². The van der Waals surface area contributed by atoms with Gasteiger partial charge in [0.25, 0.3) is 15.0 Å². The van der Waals surface area contributed by atoms with Gasteiger partial charge in [-0.05, 0) is 25.8 Å². The van der Waals surface area contributed by atoms with Crippen LogP contribution in [-0.4, -0.2) is 50.1 Å². The van der Waals surface area contributed by atoms with E-state index in [1.54, 1.807) is 16.6 Å². The molecule has 2 heterocycles. The summed E-state index contributed by atoms with van der Waals surface area (Å²) >= 11 is 0. The highest BCUT2D eigenvalue weighted by Gasteiger charge is 2.29. The second-order valence-electron chi connectivity index (χ2n) is 5.17. The number of aromatic nitrogens is 1. The molecule has 8 heteroatoms. The third-order valence-corrected chi connectivity index (χ3v) is 5.04. The molecule has 0 radical (unpaired) electrons. The number of rotatable bonds is 5. The highest BCUT2D eigenvalue weighted by Crippen LogP contribution is 2.23. The summed E-state index contributed by atoms with van der Waals surface area (Å²) in [4.78, 5) is 14.3. The van der Waals surface area contributed by atoms with E-state index in [0.717, 1.165) is 12.8 Å². The first-order valence-corrected chi connectivity index (χ1v) is 9.10. The van der Waals surface area contributed by atoms with Crippen molar-refractivity contribution in [3.8, 4) is 0 Å². The van der Waals surface area contributed by atoms with E-state index in [1.807, 2.05) is 6.92 Å². The summed E-state index contributed by atoms with van der Waals surface area (Å²) in [6.07, 6.45) is 3.31. The molecule has 1 aliphatic heterocycles. The molecule has 0 saturated carbocycles. The van der Waals surface area contributed by atoms with Gasteiger partial charge in [-0.25, -0.2) is 8.42 Å². The van der Waals surface area contributed by atoms with Crippen LogP contribution in [0.15, 0.2) is 17.2 Å². The van der Waals surface area contributed by atoms with Crippen molar-refractivity contribution in [2.45, 2.75) is 37.2 Å². The minimum absolute atomic E-state index is 0.0598. The van der Waals surface area contributed by atoms with E-state index in [0.29, 0.717) is 25.4 Å². The minimum atomic E-state index is -3.86. The second-order valence-corrected chi connectivity index (χ2v) is 7.74. The maximum atomic E-state index is 12.6. The average Bonchev–Trinajstić information content (AvgIpc) is 3.01. The van der Waals surface area contributed by atoms with Crippen LogP contribution in [0, 0.1) is 0 Å². The Balaban J connectivity index is 2.35. The molecule has 0 N–H and O–H groups in total. The van der Waals surface area contributed by atoms with Gasteiger partial charge in [-0.2, -0.15) is 0 Å². The van der Waals surface area contributed by atoms with Crippen LogP contribution < -0.4 is 0 Å². The number of halogens is 1. The molecular formula is C13H19ClN2O4S. The first-order chi connectivity index (χ1) is 9.84. The van der Waals surface area contributed by atoms with Crippen LogP contribution in [0.2, 0.25) is 0 Å². The van der Waals surface area contributed by atoms with Gasteiger partial charge < -0.3 is 14.2 Å². The van der Waals surface area contributed by atoms with Crippen LogP contribution in [0.5, 0.6) is 0 Å². The molecule has 1 aromatic heterocycles. The first kappa shape index (κ1) is 16.3. The summed E-state index contributed by atoms with van der Waals surface area (Å²) in [5.41, 5.74) is 0.333. The molecule has 0 aliphatic carbocycles. The van der Waals surface area contributed by atoms with E-state index in [1.165, 1.54) is 12.3 Å². The lowest BCUT2D eigenvalue weighted by Gasteiger charge is -2.22. The molecule has 0 aromatic carbocycles. The molecule has 1 aliphatic rings.